The molecule has 2 N–H and O–H groups in total. The van der Waals surface area contributed by atoms with Gasteiger partial charge in [-0.3, -0.25) is 4.79 Å². The van der Waals surface area contributed by atoms with Crippen LogP contribution in [0.25, 0.3) is 10.6 Å². The van der Waals surface area contributed by atoms with E-state index < -0.39 is 0 Å². The van der Waals surface area contributed by atoms with E-state index in [0.29, 0.717) is 30.2 Å². The number of rotatable bonds is 6. The van der Waals surface area contributed by atoms with E-state index in [-0.39, 0.29) is 5.91 Å². The molecule has 0 saturated carbocycles. The summed E-state index contributed by atoms with van der Waals surface area (Å²) in [7, 11) is 0. The monoisotopic (exact) mass is 377 g/mol. The van der Waals surface area contributed by atoms with Crippen LogP contribution >= 0.6 is 11.3 Å². The average molecular weight is 377 g/mol. The highest BCUT2D eigenvalue weighted by Crippen LogP contribution is 2.27. The van der Waals surface area contributed by atoms with Crippen molar-refractivity contribution in [2.24, 2.45) is 0 Å². The summed E-state index contributed by atoms with van der Waals surface area (Å²) in [5.74, 6) is 0.297. The number of anilines is 1. The normalized spacial score (nSPS) is 10.3. The predicted octanol–water partition coefficient (Wildman–Crippen LogP) is 3.54. The molecule has 0 unspecified atom stereocenters. The van der Waals surface area contributed by atoms with E-state index in [9.17, 15) is 4.79 Å². The quantitative estimate of drug-likeness (QED) is 0.641. The summed E-state index contributed by atoms with van der Waals surface area (Å²) in [5, 5.41) is 17.5. The standard InChI is InChI=1S/C20H19N5OS/c1-13-5-6-16(14(2)10-13)20-25-17(12-27-20)19(26)24-9-8-23-18-15(11-21)4-3-7-22-18/h3-7,10,12H,8-9H2,1-2H3,(H,22,23)(H,24,26). The zero-order chi connectivity index (χ0) is 19.2. The van der Waals surface area contributed by atoms with Gasteiger partial charge in [-0.05, 0) is 31.5 Å². The van der Waals surface area contributed by atoms with E-state index in [1.54, 1.807) is 23.7 Å². The summed E-state index contributed by atoms with van der Waals surface area (Å²) >= 11 is 1.46. The van der Waals surface area contributed by atoms with Crippen LogP contribution in [0.1, 0.15) is 27.2 Å². The highest BCUT2D eigenvalue weighted by Gasteiger charge is 2.13. The van der Waals surface area contributed by atoms with Gasteiger partial charge >= 0.3 is 0 Å². The number of nitriles is 1. The first kappa shape index (κ1) is 18.5. The molecule has 0 spiro atoms. The molecule has 3 rings (SSSR count). The van der Waals surface area contributed by atoms with Crippen LogP contribution in [0.15, 0.2) is 41.9 Å². The predicted molar refractivity (Wildman–Crippen MR) is 107 cm³/mol. The number of aryl methyl sites for hydroxylation is 2. The van der Waals surface area contributed by atoms with Crippen molar-refractivity contribution < 1.29 is 4.79 Å². The minimum absolute atomic E-state index is 0.217. The zero-order valence-electron chi connectivity index (χ0n) is 15.1. The van der Waals surface area contributed by atoms with Gasteiger partial charge in [-0.25, -0.2) is 9.97 Å². The maximum atomic E-state index is 12.3. The SMILES string of the molecule is Cc1ccc(-c2nc(C(=O)NCCNc3ncccc3C#N)cs2)c(C)c1. The van der Waals surface area contributed by atoms with Gasteiger partial charge in [0.2, 0.25) is 0 Å². The number of nitrogens with zero attached hydrogens (tertiary/aromatic N) is 3. The van der Waals surface area contributed by atoms with E-state index >= 15 is 0 Å². The highest BCUT2D eigenvalue weighted by atomic mass is 32.1. The molecule has 0 aliphatic carbocycles. The number of nitrogens with one attached hydrogen (secondary N) is 2. The zero-order valence-corrected chi connectivity index (χ0v) is 15.9. The second-order valence-corrected chi connectivity index (χ2v) is 6.91. The fourth-order valence-corrected chi connectivity index (χ4v) is 3.53. The van der Waals surface area contributed by atoms with Gasteiger partial charge in [-0.2, -0.15) is 5.26 Å². The fourth-order valence-electron chi connectivity index (χ4n) is 2.64. The van der Waals surface area contributed by atoms with E-state index in [1.165, 1.54) is 16.9 Å². The van der Waals surface area contributed by atoms with Crippen LogP contribution < -0.4 is 10.6 Å². The molecule has 7 heteroatoms. The molecule has 2 aromatic heterocycles. The van der Waals surface area contributed by atoms with Gasteiger partial charge in [0, 0.05) is 30.2 Å². The second-order valence-electron chi connectivity index (χ2n) is 6.05. The minimum atomic E-state index is -0.217. The number of aromatic nitrogens is 2. The molecule has 3 aromatic rings. The number of hydrogen-bond donors (Lipinski definition) is 2. The molecule has 0 bridgehead atoms. The molecule has 0 saturated heterocycles. The van der Waals surface area contributed by atoms with Gasteiger partial charge in [0.1, 0.15) is 22.6 Å². The molecule has 0 aliphatic rings. The minimum Gasteiger partial charge on any atom is -0.367 e. The van der Waals surface area contributed by atoms with Crippen molar-refractivity contribution >= 4 is 23.1 Å². The van der Waals surface area contributed by atoms with Crippen molar-refractivity contribution in [3.05, 3.63) is 64.3 Å². The smallest absolute Gasteiger partial charge is 0.270 e. The molecule has 0 radical (unpaired) electrons. The van der Waals surface area contributed by atoms with Crippen molar-refractivity contribution in [1.29, 1.82) is 5.26 Å². The summed E-state index contributed by atoms with van der Waals surface area (Å²) in [5.41, 5.74) is 4.27. The summed E-state index contributed by atoms with van der Waals surface area (Å²) in [6.07, 6.45) is 1.62. The molecule has 0 fully saturated rings. The van der Waals surface area contributed by atoms with Crippen LogP contribution in [-0.4, -0.2) is 29.0 Å². The topological polar surface area (TPSA) is 90.7 Å². The lowest BCUT2D eigenvalue weighted by Gasteiger charge is -2.07. The Morgan fingerprint density at radius 3 is 2.89 bits per heavy atom. The van der Waals surface area contributed by atoms with Crippen molar-refractivity contribution in [2.45, 2.75) is 13.8 Å². The molecule has 1 amide bonds. The average Bonchev–Trinajstić information content (AvgIpc) is 3.15. The first-order valence-corrected chi connectivity index (χ1v) is 9.37. The fraction of sp³-hybridized carbons (Fsp3) is 0.200. The van der Waals surface area contributed by atoms with Gasteiger partial charge in [0.25, 0.3) is 5.91 Å². The van der Waals surface area contributed by atoms with Gasteiger partial charge in [-0.1, -0.05) is 23.8 Å². The second kappa shape index (κ2) is 8.43. The Morgan fingerprint density at radius 2 is 2.11 bits per heavy atom. The lowest BCUT2D eigenvalue weighted by Crippen LogP contribution is -2.29. The number of benzene rings is 1. The van der Waals surface area contributed by atoms with Crippen LogP contribution in [0.4, 0.5) is 5.82 Å². The summed E-state index contributed by atoms with van der Waals surface area (Å²) < 4.78 is 0. The third kappa shape index (κ3) is 4.49. The third-order valence-electron chi connectivity index (χ3n) is 3.98. The lowest BCUT2D eigenvalue weighted by molar-refractivity contribution is 0.0951. The number of carbonyl (C=O) groups excluding carboxylic acids is 1. The Morgan fingerprint density at radius 1 is 1.26 bits per heavy atom. The molecule has 27 heavy (non-hydrogen) atoms. The first-order chi connectivity index (χ1) is 13.1. The van der Waals surface area contributed by atoms with Gasteiger partial charge in [0.15, 0.2) is 0 Å². The molecular formula is C20H19N5OS. The molecule has 0 atom stereocenters. The van der Waals surface area contributed by atoms with Crippen molar-refractivity contribution in [3.8, 4) is 16.6 Å². The van der Waals surface area contributed by atoms with Crippen molar-refractivity contribution in [3.63, 3.8) is 0 Å². The number of hydrogen-bond acceptors (Lipinski definition) is 6. The van der Waals surface area contributed by atoms with Crippen LogP contribution in [0.5, 0.6) is 0 Å². The Hall–Kier alpha value is -3.24. The summed E-state index contributed by atoms with van der Waals surface area (Å²) in [6, 6.07) is 11.7. The van der Waals surface area contributed by atoms with Crippen LogP contribution in [0.2, 0.25) is 0 Å². The number of amides is 1. The third-order valence-corrected chi connectivity index (χ3v) is 4.86. The molecule has 6 nitrogen and oxygen atoms in total. The summed E-state index contributed by atoms with van der Waals surface area (Å²) in [6.45, 7) is 4.96. The van der Waals surface area contributed by atoms with E-state index in [0.717, 1.165) is 16.1 Å². The van der Waals surface area contributed by atoms with E-state index in [2.05, 4.69) is 39.7 Å². The molecule has 1 aromatic carbocycles. The van der Waals surface area contributed by atoms with Crippen molar-refractivity contribution in [1.82, 2.24) is 15.3 Å². The number of pyridine rings is 1. The number of carbonyl (C=O) groups is 1. The van der Waals surface area contributed by atoms with Crippen molar-refractivity contribution in [2.75, 3.05) is 18.4 Å². The highest BCUT2D eigenvalue weighted by molar-refractivity contribution is 7.13. The summed E-state index contributed by atoms with van der Waals surface area (Å²) in [4.78, 5) is 20.9. The lowest BCUT2D eigenvalue weighted by atomic mass is 10.1. The molecule has 2 heterocycles. The molecular weight excluding hydrogens is 358 g/mol. The largest absolute Gasteiger partial charge is 0.367 e. The van der Waals surface area contributed by atoms with Gasteiger partial charge in [-0.15, -0.1) is 11.3 Å². The van der Waals surface area contributed by atoms with Gasteiger partial charge < -0.3 is 10.6 Å². The maximum Gasteiger partial charge on any atom is 0.270 e. The van der Waals surface area contributed by atoms with E-state index in [4.69, 9.17) is 5.26 Å². The maximum absolute atomic E-state index is 12.3. The Labute approximate surface area is 161 Å². The van der Waals surface area contributed by atoms with Gasteiger partial charge in [0.05, 0.1) is 5.56 Å². The first-order valence-electron chi connectivity index (χ1n) is 8.49. The number of thiazole rings is 1. The van der Waals surface area contributed by atoms with E-state index in [1.807, 2.05) is 19.1 Å². The Bertz CT molecular complexity index is 1010. The molecule has 0 aliphatic heterocycles. The van der Waals surface area contributed by atoms with Crippen LogP contribution in [0.3, 0.4) is 0 Å². The molecule has 136 valence electrons. The Kier molecular flexibility index (Phi) is 5.79. The Balaban J connectivity index is 1.56. The van der Waals surface area contributed by atoms with Crippen LogP contribution in [-0.2, 0) is 0 Å². The van der Waals surface area contributed by atoms with Crippen LogP contribution in [0, 0.1) is 25.2 Å².